The molecular weight excluding hydrogens is 226 g/mol. The van der Waals surface area contributed by atoms with Gasteiger partial charge in [0.1, 0.15) is 0 Å². The van der Waals surface area contributed by atoms with Gasteiger partial charge >= 0.3 is 0 Å². The predicted octanol–water partition coefficient (Wildman–Crippen LogP) is 1.66. The van der Waals surface area contributed by atoms with Gasteiger partial charge in [0, 0.05) is 25.5 Å². The molecule has 102 valence electrons. The molecule has 0 aliphatic heterocycles. The van der Waals surface area contributed by atoms with E-state index in [1.54, 1.807) is 0 Å². The molecule has 1 heterocycles. The van der Waals surface area contributed by atoms with Crippen LogP contribution in [0.2, 0.25) is 0 Å². The first-order valence-electron chi connectivity index (χ1n) is 7.17. The van der Waals surface area contributed by atoms with Gasteiger partial charge in [-0.15, -0.1) is 0 Å². The zero-order valence-electron chi connectivity index (χ0n) is 11.1. The Bertz CT molecular complexity index is 313. The van der Waals surface area contributed by atoms with Crippen LogP contribution < -0.4 is 5.32 Å². The van der Waals surface area contributed by atoms with E-state index in [4.69, 9.17) is 0 Å². The molecule has 4 nitrogen and oxygen atoms in total. The van der Waals surface area contributed by atoms with Crippen LogP contribution in [0.1, 0.15) is 32.1 Å². The maximum absolute atomic E-state index is 9.35. The molecular formula is C14H25N3O. The minimum absolute atomic E-state index is 0.362. The Morgan fingerprint density at radius 1 is 1.28 bits per heavy atom. The maximum Gasteiger partial charge on any atom is 0.0945 e. The smallest absolute Gasteiger partial charge is 0.0945 e. The van der Waals surface area contributed by atoms with Gasteiger partial charge in [0.25, 0.3) is 0 Å². The van der Waals surface area contributed by atoms with Crippen molar-refractivity contribution in [3.8, 4) is 0 Å². The second-order valence-electron chi connectivity index (χ2n) is 5.35. The fourth-order valence-electron chi connectivity index (χ4n) is 2.89. The quantitative estimate of drug-likeness (QED) is 0.725. The van der Waals surface area contributed by atoms with Crippen molar-refractivity contribution in [2.24, 2.45) is 11.8 Å². The van der Waals surface area contributed by atoms with Gasteiger partial charge in [-0.2, -0.15) is 0 Å². The second-order valence-corrected chi connectivity index (χ2v) is 5.35. The Morgan fingerprint density at radius 3 is 2.83 bits per heavy atom. The molecule has 0 amide bonds. The number of aliphatic hydroxyl groups is 1. The van der Waals surface area contributed by atoms with Gasteiger partial charge in [0.15, 0.2) is 0 Å². The molecule has 1 aliphatic rings. The number of aliphatic hydroxyl groups excluding tert-OH is 1. The maximum atomic E-state index is 9.35. The summed E-state index contributed by atoms with van der Waals surface area (Å²) in [6.07, 6.45) is 11.9. The Hall–Kier alpha value is -0.870. The van der Waals surface area contributed by atoms with E-state index in [0.29, 0.717) is 18.4 Å². The number of rotatable bonds is 7. The fraction of sp³-hybridized carbons (Fsp3) is 0.786. The van der Waals surface area contributed by atoms with Gasteiger partial charge in [-0.05, 0) is 44.2 Å². The summed E-state index contributed by atoms with van der Waals surface area (Å²) in [5, 5.41) is 12.9. The van der Waals surface area contributed by atoms with Crippen molar-refractivity contribution in [2.45, 2.75) is 38.6 Å². The number of hydrogen-bond acceptors (Lipinski definition) is 3. The van der Waals surface area contributed by atoms with Crippen LogP contribution >= 0.6 is 0 Å². The summed E-state index contributed by atoms with van der Waals surface area (Å²) in [5.74, 6) is 1.21. The summed E-state index contributed by atoms with van der Waals surface area (Å²) in [4.78, 5) is 4.03. The van der Waals surface area contributed by atoms with E-state index in [-0.39, 0.29) is 0 Å². The van der Waals surface area contributed by atoms with E-state index in [1.165, 1.54) is 25.7 Å². The SMILES string of the molecule is OCC1CCCCC1CNCCCn1ccnc1. The molecule has 1 aromatic rings. The summed E-state index contributed by atoms with van der Waals surface area (Å²) in [6.45, 7) is 3.50. The number of imidazole rings is 1. The van der Waals surface area contributed by atoms with Gasteiger partial charge < -0.3 is 15.0 Å². The Labute approximate surface area is 109 Å². The van der Waals surface area contributed by atoms with Crippen molar-refractivity contribution in [1.82, 2.24) is 14.9 Å². The molecule has 0 aromatic carbocycles. The average molecular weight is 251 g/mol. The number of hydrogen-bond donors (Lipinski definition) is 2. The van der Waals surface area contributed by atoms with Crippen molar-refractivity contribution >= 4 is 0 Å². The summed E-state index contributed by atoms with van der Waals surface area (Å²) >= 11 is 0. The van der Waals surface area contributed by atoms with Gasteiger partial charge in [-0.1, -0.05) is 12.8 Å². The topological polar surface area (TPSA) is 50.1 Å². The first-order valence-corrected chi connectivity index (χ1v) is 7.17. The molecule has 0 saturated heterocycles. The molecule has 18 heavy (non-hydrogen) atoms. The third kappa shape index (κ3) is 4.10. The summed E-state index contributed by atoms with van der Waals surface area (Å²) in [6, 6.07) is 0. The lowest BCUT2D eigenvalue weighted by Crippen LogP contribution is -2.33. The lowest BCUT2D eigenvalue weighted by Gasteiger charge is -2.30. The zero-order valence-corrected chi connectivity index (χ0v) is 11.1. The van der Waals surface area contributed by atoms with Crippen LogP contribution in [0.25, 0.3) is 0 Å². The minimum Gasteiger partial charge on any atom is -0.396 e. The van der Waals surface area contributed by atoms with Gasteiger partial charge in [-0.25, -0.2) is 4.98 Å². The largest absolute Gasteiger partial charge is 0.396 e. The normalized spacial score (nSPS) is 24.3. The highest BCUT2D eigenvalue weighted by atomic mass is 16.3. The van der Waals surface area contributed by atoms with Crippen molar-refractivity contribution in [1.29, 1.82) is 0 Å². The molecule has 2 atom stereocenters. The summed E-state index contributed by atoms with van der Waals surface area (Å²) < 4.78 is 2.11. The Kier molecular flexibility index (Phi) is 5.68. The highest BCUT2D eigenvalue weighted by Gasteiger charge is 2.23. The van der Waals surface area contributed by atoms with Gasteiger partial charge in [0.2, 0.25) is 0 Å². The molecule has 1 aromatic heterocycles. The van der Waals surface area contributed by atoms with Gasteiger partial charge in [0.05, 0.1) is 6.33 Å². The molecule has 1 fully saturated rings. The lowest BCUT2D eigenvalue weighted by molar-refractivity contribution is 0.133. The van der Waals surface area contributed by atoms with Crippen LogP contribution in [-0.2, 0) is 6.54 Å². The number of aromatic nitrogens is 2. The van der Waals surface area contributed by atoms with Crippen LogP contribution in [0.3, 0.4) is 0 Å². The highest BCUT2D eigenvalue weighted by molar-refractivity contribution is 4.77. The van der Waals surface area contributed by atoms with Crippen LogP contribution in [0.4, 0.5) is 0 Å². The highest BCUT2D eigenvalue weighted by Crippen LogP contribution is 2.28. The third-order valence-electron chi connectivity index (χ3n) is 4.04. The van der Waals surface area contributed by atoms with Crippen LogP contribution in [0.5, 0.6) is 0 Å². The molecule has 2 unspecified atom stereocenters. The molecule has 4 heteroatoms. The first kappa shape index (κ1) is 13.6. The summed E-state index contributed by atoms with van der Waals surface area (Å²) in [7, 11) is 0. The van der Waals surface area contributed by atoms with E-state index in [1.807, 2.05) is 18.7 Å². The lowest BCUT2D eigenvalue weighted by atomic mass is 9.79. The molecule has 1 saturated carbocycles. The molecule has 0 radical (unpaired) electrons. The van der Waals surface area contributed by atoms with Gasteiger partial charge in [-0.3, -0.25) is 0 Å². The van der Waals surface area contributed by atoms with Crippen molar-refractivity contribution in [3.05, 3.63) is 18.7 Å². The molecule has 0 bridgehead atoms. The fourth-order valence-corrected chi connectivity index (χ4v) is 2.89. The number of nitrogens with one attached hydrogen (secondary N) is 1. The monoisotopic (exact) mass is 251 g/mol. The van der Waals surface area contributed by atoms with E-state index in [2.05, 4.69) is 14.9 Å². The first-order chi connectivity index (χ1) is 8.90. The Balaban J connectivity index is 1.57. The van der Waals surface area contributed by atoms with Crippen LogP contribution in [-0.4, -0.2) is 34.4 Å². The average Bonchev–Trinajstić information content (AvgIpc) is 2.92. The standard InChI is InChI=1S/C14H25N3O/c18-11-14-5-2-1-4-13(14)10-15-6-3-8-17-9-7-16-12-17/h7,9,12-15,18H,1-6,8,10-11H2. The number of aryl methyl sites for hydroxylation is 1. The van der Waals surface area contributed by atoms with Crippen LogP contribution in [0, 0.1) is 11.8 Å². The zero-order chi connectivity index (χ0) is 12.6. The van der Waals surface area contributed by atoms with E-state index < -0.39 is 0 Å². The molecule has 2 N–H and O–H groups in total. The van der Waals surface area contributed by atoms with Crippen molar-refractivity contribution in [2.75, 3.05) is 19.7 Å². The second kappa shape index (κ2) is 7.54. The van der Waals surface area contributed by atoms with Crippen molar-refractivity contribution < 1.29 is 5.11 Å². The van der Waals surface area contributed by atoms with Crippen LogP contribution in [0.15, 0.2) is 18.7 Å². The minimum atomic E-state index is 0.362. The molecule has 0 spiro atoms. The number of nitrogens with zero attached hydrogens (tertiary/aromatic N) is 2. The molecule has 2 rings (SSSR count). The van der Waals surface area contributed by atoms with E-state index in [9.17, 15) is 5.11 Å². The van der Waals surface area contributed by atoms with Crippen molar-refractivity contribution in [3.63, 3.8) is 0 Å². The third-order valence-corrected chi connectivity index (χ3v) is 4.04. The van der Waals surface area contributed by atoms with E-state index in [0.717, 1.165) is 26.1 Å². The molecule has 1 aliphatic carbocycles. The van der Waals surface area contributed by atoms with E-state index >= 15 is 0 Å². The Morgan fingerprint density at radius 2 is 2.11 bits per heavy atom. The summed E-state index contributed by atoms with van der Waals surface area (Å²) in [5.41, 5.74) is 0. The predicted molar refractivity (Wildman–Crippen MR) is 72.2 cm³/mol.